The average molecular weight is 351 g/mol. The molecule has 0 rings (SSSR count). The maximum atomic E-state index is 11.7. The van der Waals surface area contributed by atoms with Gasteiger partial charge in [-0.05, 0) is 39.0 Å². The summed E-state index contributed by atoms with van der Waals surface area (Å²) in [5, 5.41) is 0. The summed E-state index contributed by atoms with van der Waals surface area (Å²) < 4.78 is 4.97. The van der Waals surface area contributed by atoms with E-state index < -0.39 is 5.92 Å². The van der Waals surface area contributed by atoms with Crippen LogP contribution in [0, 0.1) is 5.92 Å². The van der Waals surface area contributed by atoms with Gasteiger partial charge in [-0.3, -0.25) is 4.79 Å². The molecule has 3 heteroatoms. The van der Waals surface area contributed by atoms with Gasteiger partial charge in [-0.15, -0.1) is 0 Å². The van der Waals surface area contributed by atoms with E-state index in [1.165, 1.54) is 63.9 Å². The quantitative estimate of drug-likeness (QED) is 0.136. The van der Waals surface area contributed by atoms with Crippen LogP contribution in [0.4, 0.5) is 0 Å². The predicted octanol–water partition coefficient (Wildman–Crippen LogP) is 6.20. The van der Waals surface area contributed by atoms with E-state index in [2.05, 4.69) is 19.1 Å². The second-order valence-corrected chi connectivity index (χ2v) is 6.66. The van der Waals surface area contributed by atoms with Crippen molar-refractivity contribution in [3.05, 3.63) is 18.2 Å². The van der Waals surface area contributed by atoms with E-state index in [9.17, 15) is 9.59 Å². The molecule has 1 unspecified atom stereocenters. The average Bonchev–Trinajstić information content (AvgIpc) is 2.61. The minimum absolute atomic E-state index is 0.302. The van der Waals surface area contributed by atoms with Crippen LogP contribution in [0.2, 0.25) is 0 Å². The third-order valence-corrected chi connectivity index (χ3v) is 4.39. The van der Waals surface area contributed by atoms with Crippen LogP contribution < -0.4 is 0 Å². The Morgan fingerprint density at radius 2 is 1.44 bits per heavy atom. The van der Waals surface area contributed by atoms with Gasteiger partial charge in [0.1, 0.15) is 5.94 Å². The Kier molecular flexibility index (Phi) is 18.0. The van der Waals surface area contributed by atoms with Gasteiger partial charge < -0.3 is 4.74 Å². The number of allylic oxidation sites excluding steroid dienone is 2. The molecule has 0 bridgehead atoms. The molecule has 1 atom stereocenters. The third-order valence-electron chi connectivity index (χ3n) is 4.39. The fraction of sp³-hybridized carbons (Fsp3) is 0.773. The molecule has 0 radical (unpaired) electrons. The number of carbonyl (C=O) groups is 1. The first kappa shape index (κ1) is 23.7. The van der Waals surface area contributed by atoms with Gasteiger partial charge in [0.15, 0.2) is 0 Å². The zero-order valence-corrected chi connectivity index (χ0v) is 16.4. The summed E-state index contributed by atoms with van der Waals surface area (Å²) in [6, 6.07) is 0. The van der Waals surface area contributed by atoms with E-state index in [0.717, 1.165) is 19.3 Å². The van der Waals surface area contributed by atoms with Crippen LogP contribution in [-0.2, 0) is 14.3 Å². The van der Waals surface area contributed by atoms with Gasteiger partial charge in [0.2, 0.25) is 0 Å². The van der Waals surface area contributed by atoms with Gasteiger partial charge in [-0.25, -0.2) is 4.79 Å². The first-order valence-electron chi connectivity index (χ1n) is 10.3. The predicted molar refractivity (Wildman–Crippen MR) is 105 cm³/mol. The molecule has 0 saturated carbocycles. The molecule has 0 aliphatic carbocycles. The number of rotatable bonds is 17. The number of unbranched alkanes of at least 4 members (excludes halogenated alkanes) is 10. The molecular weight excluding hydrogens is 312 g/mol. The van der Waals surface area contributed by atoms with Crippen molar-refractivity contribution in [1.82, 2.24) is 0 Å². The molecular formula is C22H38O3. The van der Waals surface area contributed by atoms with E-state index in [0.29, 0.717) is 13.0 Å². The fourth-order valence-electron chi connectivity index (χ4n) is 2.86. The maximum Gasteiger partial charge on any atom is 0.313 e. The van der Waals surface area contributed by atoms with Crippen LogP contribution in [0.25, 0.3) is 0 Å². The Morgan fingerprint density at radius 1 is 0.880 bits per heavy atom. The van der Waals surface area contributed by atoms with Crippen molar-refractivity contribution >= 4 is 11.9 Å². The molecule has 0 aromatic rings. The van der Waals surface area contributed by atoms with Gasteiger partial charge in [-0.1, -0.05) is 70.4 Å². The van der Waals surface area contributed by atoms with Crippen molar-refractivity contribution in [2.45, 2.75) is 97.3 Å². The Balaban J connectivity index is 3.51. The zero-order valence-electron chi connectivity index (χ0n) is 16.4. The van der Waals surface area contributed by atoms with Crippen molar-refractivity contribution in [3.8, 4) is 0 Å². The van der Waals surface area contributed by atoms with Crippen molar-refractivity contribution < 1.29 is 14.3 Å². The summed E-state index contributed by atoms with van der Waals surface area (Å²) >= 11 is 0. The summed E-state index contributed by atoms with van der Waals surface area (Å²) in [4.78, 5) is 22.1. The van der Waals surface area contributed by atoms with Crippen molar-refractivity contribution in [3.63, 3.8) is 0 Å². The summed E-state index contributed by atoms with van der Waals surface area (Å²) in [6.45, 7) is 4.39. The lowest BCUT2D eigenvalue weighted by Gasteiger charge is -2.09. The molecule has 0 amide bonds. The minimum atomic E-state index is -0.422. The van der Waals surface area contributed by atoms with Gasteiger partial charge >= 0.3 is 5.97 Å². The standard InChI is InChI=1S/C22H38O3/c1-3-5-6-7-8-9-10-11-12-13-14-15-16-17-18-21(19-20-23)22(24)25-4-2/h11-12,19,21H,3-10,13-18H2,1-2H3/b12-11-. The zero-order chi connectivity index (χ0) is 18.6. The number of carbonyl (C=O) groups excluding carboxylic acids is 2. The molecule has 0 aliphatic heterocycles. The second-order valence-electron chi connectivity index (χ2n) is 6.66. The molecule has 25 heavy (non-hydrogen) atoms. The summed E-state index contributed by atoms with van der Waals surface area (Å²) in [6.07, 6.45) is 21.5. The van der Waals surface area contributed by atoms with E-state index in [-0.39, 0.29) is 5.97 Å². The number of ether oxygens (including phenoxy) is 1. The molecule has 0 heterocycles. The largest absolute Gasteiger partial charge is 0.466 e. The van der Waals surface area contributed by atoms with E-state index in [1.807, 2.05) is 0 Å². The molecule has 0 saturated heterocycles. The summed E-state index contributed by atoms with van der Waals surface area (Å²) in [5.41, 5.74) is 0. The lowest BCUT2D eigenvalue weighted by Crippen LogP contribution is -2.16. The Morgan fingerprint density at radius 3 is 2.00 bits per heavy atom. The molecule has 3 nitrogen and oxygen atoms in total. The highest BCUT2D eigenvalue weighted by molar-refractivity contribution is 5.76. The summed E-state index contributed by atoms with van der Waals surface area (Å²) in [5.74, 6) is 0.998. The van der Waals surface area contributed by atoms with Crippen molar-refractivity contribution in [2.24, 2.45) is 5.92 Å². The summed E-state index contributed by atoms with van der Waals surface area (Å²) in [7, 11) is 0. The molecule has 0 fully saturated rings. The molecule has 0 aromatic heterocycles. The smallest absolute Gasteiger partial charge is 0.313 e. The van der Waals surface area contributed by atoms with E-state index >= 15 is 0 Å². The number of hydrogen-bond donors (Lipinski definition) is 0. The topological polar surface area (TPSA) is 43.4 Å². The van der Waals surface area contributed by atoms with E-state index in [4.69, 9.17) is 4.74 Å². The minimum Gasteiger partial charge on any atom is -0.466 e. The Hall–Kier alpha value is -1.34. The monoisotopic (exact) mass is 350 g/mol. The molecule has 0 aliphatic rings. The SMILES string of the molecule is CCCCCCCC/C=C\CCCCCCC(C=C=O)C(=O)OCC. The third kappa shape index (κ3) is 15.9. The first-order valence-corrected chi connectivity index (χ1v) is 10.3. The lowest BCUT2D eigenvalue weighted by atomic mass is 10.0. The maximum absolute atomic E-state index is 11.7. The van der Waals surface area contributed by atoms with Crippen LogP contribution in [-0.4, -0.2) is 18.5 Å². The van der Waals surface area contributed by atoms with Crippen LogP contribution >= 0.6 is 0 Å². The normalized spacial score (nSPS) is 12.1. The highest BCUT2D eigenvalue weighted by Gasteiger charge is 2.16. The second kappa shape index (κ2) is 19.0. The molecule has 0 N–H and O–H groups in total. The van der Waals surface area contributed by atoms with Gasteiger partial charge in [0, 0.05) is 6.08 Å². The fourth-order valence-corrected chi connectivity index (χ4v) is 2.86. The highest BCUT2D eigenvalue weighted by atomic mass is 16.5. The molecule has 0 aromatic carbocycles. The Labute approximate surface area is 154 Å². The van der Waals surface area contributed by atoms with Gasteiger partial charge in [-0.2, -0.15) is 0 Å². The molecule has 0 spiro atoms. The van der Waals surface area contributed by atoms with Crippen molar-refractivity contribution in [1.29, 1.82) is 0 Å². The first-order chi connectivity index (χ1) is 12.3. The van der Waals surface area contributed by atoms with Gasteiger partial charge in [0.05, 0.1) is 12.5 Å². The highest BCUT2D eigenvalue weighted by Crippen LogP contribution is 2.14. The van der Waals surface area contributed by atoms with Crippen LogP contribution in [0.5, 0.6) is 0 Å². The van der Waals surface area contributed by atoms with Crippen LogP contribution in [0.3, 0.4) is 0 Å². The number of esters is 1. The van der Waals surface area contributed by atoms with Crippen LogP contribution in [0.15, 0.2) is 18.2 Å². The molecule has 144 valence electrons. The Bertz CT molecular complexity index is 381. The van der Waals surface area contributed by atoms with E-state index in [1.54, 1.807) is 12.9 Å². The number of hydrogen-bond acceptors (Lipinski definition) is 3. The van der Waals surface area contributed by atoms with Crippen LogP contribution in [0.1, 0.15) is 97.3 Å². The lowest BCUT2D eigenvalue weighted by molar-refractivity contribution is -0.146. The van der Waals surface area contributed by atoms with Crippen molar-refractivity contribution in [2.75, 3.05) is 6.61 Å². The van der Waals surface area contributed by atoms with Gasteiger partial charge in [0.25, 0.3) is 0 Å².